The van der Waals surface area contributed by atoms with Crippen LogP contribution in [-0.4, -0.2) is 28.4 Å². The zero-order chi connectivity index (χ0) is 15.9. The van der Waals surface area contributed by atoms with E-state index in [4.69, 9.17) is 4.74 Å². The standard InChI is InChI=1S/C17H25N3O2/c1-4-7-8-11-18-17(21)15-13(5-2)19-16-14(22-6-3)10-9-12-20(15)16/h9-10,12H,4-8,11H2,1-3H3,(H,18,21). The van der Waals surface area contributed by atoms with Crippen LogP contribution in [0.4, 0.5) is 0 Å². The van der Waals surface area contributed by atoms with Crippen molar-refractivity contribution in [3.05, 3.63) is 29.7 Å². The second-order valence-electron chi connectivity index (χ2n) is 5.22. The molecule has 0 atom stereocenters. The van der Waals surface area contributed by atoms with Gasteiger partial charge < -0.3 is 10.1 Å². The summed E-state index contributed by atoms with van der Waals surface area (Å²) in [5, 5.41) is 3.00. The van der Waals surface area contributed by atoms with Gasteiger partial charge in [-0.05, 0) is 31.9 Å². The maximum Gasteiger partial charge on any atom is 0.270 e. The van der Waals surface area contributed by atoms with Gasteiger partial charge in [-0.2, -0.15) is 0 Å². The molecule has 2 aromatic heterocycles. The van der Waals surface area contributed by atoms with Crippen molar-refractivity contribution in [2.75, 3.05) is 13.2 Å². The van der Waals surface area contributed by atoms with Crippen molar-refractivity contribution in [2.24, 2.45) is 0 Å². The first kappa shape index (κ1) is 16.3. The minimum absolute atomic E-state index is 0.0610. The van der Waals surface area contributed by atoms with Crippen LogP contribution in [0.3, 0.4) is 0 Å². The predicted molar refractivity (Wildman–Crippen MR) is 87.6 cm³/mol. The fourth-order valence-electron chi connectivity index (χ4n) is 2.51. The molecular formula is C17H25N3O2. The number of rotatable bonds is 8. The Morgan fingerprint density at radius 2 is 2.14 bits per heavy atom. The third-order valence-corrected chi connectivity index (χ3v) is 3.60. The molecule has 0 aliphatic rings. The number of nitrogens with zero attached hydrogens (tertiary/aromatic N) is 2. The zero-order valence-corrected chi connectivity index (χ0v) is 13.7. The van der Waals surface area contributed by atoms with E-state index in [-0.39, 0.29) is 5.91 Å². The van der Waals surface area contributed by atoms with Crippen LogP contribution in [0.1, 0.15) is 56.2 Å². The molecule has 0 unspecified atom stereocenters. The van der Waals surface area contributed by atoms with E-state index in [9.17, 15) is 4.79 Å². The molecule has 0 aliphatic carbocycles. The number of pyridine rings is 1. The number of unbranched alkanes of at least 4 members (excludes halogenated alkanes) is 2. The van der Waals surface area contributed by atoms with Gasteiger partial charge in [-0.3, -0.25) is 9.20 Å². The Balaban J connectivity index is 2.31. The van der Waals surface area contributed by atoms with Crippen molar-refractivity contribution < 1.29 is 9.53 Å². The molecule has 0 aromatic carbocycles. The lowest BCUT2D eigenvalue weighted by Crippen LogP contribution is -2.26. The average Bonchev–Trinajstić information content (AvgIpc) is 2.91. The summed E-state index contributed by atoms with van der Waals surface area (Å²) in [4.78, 5) is 17.1. The van der Waals surface area contributed by atoms with Gasteiger partial charge in [0.2, 0.25) is 0 Å². The highest BCUT2D eigenvalue weighted by molar-refractivity contribution is 5.95. The lowest BCUT2D eigenvalue weighted by Gasteiger charge is -2.07. The highest BCUT2D eigenvalue weighted by Crippen LogP contribution is 2.22. The van der Waals surface area contributed by atoms with Gasteiger partial charge in [0.25, 0.3) is 5.91 Å². The van der Waals surface area contributed by atoms with Crippen LogP contribution in [-0.2, 0) is 6.42 Å². The van der Waals surface area contributed by atoms with E-state index in [0.717, 1.165) is 25.0 Å². The molecule has 5 nitrogen and oxygen atoms in total. The first-order valence-corrected chi connectivity index (χ1v) is 8.13. The number of fused-ring (bicyclic) bond motifs is 1. The number of carbonyl (C=O) groups is 1. The fourth-order valence-corrected chi connectivity index (χ4v) is 2.51. The van der Waals surface area contributed by atoms with Gasteiger partial charge in [0.15, 0.2) is 11.4 Å². The van der Waals surface area contributed by atoms with E-state index in [1.54, 1.807) is 0 Å². The number of amides is 1. The molecule has 0 radical (unpaired) electrons. The Morgan fingerprint density at radius 3 is 2.82 bits per heavy atom. The largest absolute Gasteiger partial charge is 0.490 e. The summed E-state index contributed by atoms with van der Waals surface area (Å²) in [6, 6.07) is 3.77. The van der Waals surface area contributed by atoms with Gasteiger partial charge in [-0.15, -0.1) is 0 Å². The Labute approximate surface area is 131 Å². The third kappa shape index (κ3) is 3.40. The number of nitrogens with one attached hydrogen (secondary N) is 1. The zero-order valence-electron chi connectivity index (χ0n) is 13.7. The molecule has 1 amide bonds. The van der Waals surface area contributed by atoms with Crippen molar-refractivity contribution in [3.63, 3.8) is 0 Å². The number of carbonyl (C=O) groups excluding carboxylic acids is 1. The van der Waals surface area contributed by atoms with Crippen LogP contribution in [0.5, 0.6) is 5.75 Å². The maximum atomic E-state index is 12.5. The molecular weight excluding hydrogens is 278 g/mol. The van der Waals surface area contributed by atoms with Crippen LogP contribution in [0.15, 0.2) is 18.3 Å². The number of aryl methyl sites for hydroxylation is 1. The van der Waals surface area contributed by atoms with Crippen LogP contribution in [0, 0.1) is 0 Å². The molecule has 5 heteroatoms. The molecule has 0 spiro atoms. The quantitative estimate of drug-likeness (QED) is 0.762. The number of hydrogen-bond donors (Lipinski definition) is 1. The first-order valence-electron chi connectivity index (χ1n) is 8.13. The molecule has 0 saturated heterocycles. The summed E-state index contributed by atoms with van der Waals surface area (Å²) in [6.45, 7) is 7.38. The first-order chi connectivity index (χ1) is 10.7. The van der Waals surface area contributed by atoms with Crippen molar-refractivity contribution in [1.29, 1.82) is 0 Å². The van der Waals surface area contributed by atoms with E-state index in [1.165, 1.54) is 0 Å². The Hall–Kier alpha value is -2.04. The van der Waals surface area contributed by atoms with Gasteiger partial charge in [0.05, 0.1) is 12.3 Å². The second-order valence-corrected chi connectivity index (χ2v) is 5.22. The van der Waals surface area contributed by atoms with Crippen molar-refractivity contribution in [2.45, 2.75) is 46.5 Å². The van der Waals surface area contributed by atoms with E-state index in [2.05, 4.69) is 17.2 Å². The molecule has 2 rings (SSSR count). The fraction of sp³-hybridized carbons (Fsp3) is 0.529. The van der Waals surface area contributed by atoms with E-state index in [0.29, 0.717) is 36.7 Å². The van der Waals surface area contributed by atoms with E-state index in [1.807, 2.05) is 36.6 Å². The molecule has 2 aromatic rings. The molecule has 120 valence electrons. The SMILES string of the molecule is CCCCCNC(=O)c1c(CC)nc2c(OCC)cccn12. The summed E-state index contributed by atoms with van der Waals surface area (Å²) in [5.41, 5.74) is 2.13. The molecule has 1 N–H and O–H groups in total. The predicted octanol–water partition coefficient (Wildman–Crippen LogP) is 3.22. The van der Waals surface area contributed by atoms with Crippen LogP contribution in [0.2, 0.25) is 0 Å². The second kappa shape index (κ2) is 7.82. The monoisotopic (exact) mass is 303 g/mol. The minimum Gasteiger partial charge on any atom is -0.490 e. The van der Waals surface area contributed by atoms with Crippen LogP contribution >= 0.6 is 0 Å². The highest BCUT2D eigenvalue weighted by Gasteiger charge is 2.19. The minimum atomic E-state index is -0.0610. The molecule has 0 bridgehead atoms. The summed E-state index contributed by atoms with van der Waals surface area (Å²) in [5.74, 6) is 0.652. The Kier molecular flexibility index (Phi) is 5.81. The number of imidazole rings is 1. The lowest BCUT2D eigenvalue weighted by molar-refractivity contribution is 0.0946. The topological polar surface area (TPSA) is 55.6 Å². The maximum absolute atomic E-state index is 12.5. The molecule has 2 heterocycles. The van der Waals surface area contributed by atoms with Gasteiger partial charge in [0.1, 0.15) is 5.69 Å². The van der Waals surface area contributed by atoms with Crippen molar-refractivity contribution >= 4 is 11.6 Å². The Morgan fingerprint density at radius 1 is 1.32 bits per heavy atom. The molecule has 0 aliphatic heterocycles. The third-order valence-electron chi connectivity index (χ3n) is 3.60. The summed E-state index contributed by atoms with van der Waals surface area (Å²) < 4.78 is 7.44. The van der Waals surface area contributed by atoms with Gasteiger partial charge in [-0.25, -0.2) is 4.98 Å². The number of aromatic nitrogens is 2. The van der Waals surface area contributed by atoms with Crippen LogP contribution < -0.4 is 10.1 Å². The smallest absolute Gasteiger partial charge is 0.270 e. The molecule has 22 heavy (non-hydrogen) atoms. The van der Waals surface area contributed by atoms with Gasteiger partial charge in [-0.1, -0.05) is 26.7 Å². The van der Waals surface area contributed by atoms with E-state index < -0.39 is 0 Å². The molecule has 0 saturated carbocycles. The van der Waals surface area contributed by atoms with Crippen molar-refractivity contribution in [1.82, 2.24) is 14.7 Å². The number of ether oxygens (including phenoxy) is 1. The molecule has 0 fully saturated rings. The summed E-state index contributed by atoms with van der Waals surface area (Å²) in [6.07, 6.45) is 5.85. The van der Waals surface area contributed by atoms with E-state index >= 15 is 0 Å². The highest BCUT2D eigenvalue weighted by atomic mass is 16.5. The van der Waals surface area contributed by atoms with Gasteiger partial charge in [0, 0.05) is 12.7 Å². The normalized spacial score (nSPS) is 10.9. The summed E-state index contributed by atoms with van der Waals surface area (Å²) >= 11 is 0. The number of hydrogen-bond acceptors (Lipinski definition) is 3. The summed E-state index contributed by atoms with van der Waals surface area (Å²) in [7, 11) is 0. The van der Waals surface area contributed by atoms with Gasteiger partial charge >= 0.3 is 0 Å². The Bertz CT molecular complexity index is 634. The average molecular weight is 303 g/mol. The lowest BCUT2D eigenvalue weighted by atomic mass is 10.2. The van der Waals surface area contributed by atoms with Crippen LogP contribution in [0.25, 0.3) is 5.65 Å². The van der Waals surface area contributed by atoms with Crippen molar-refractivity contribution in [3.8, 4) is 5.75 Å².